The molecule has 4 heteroatoms. The molecule has 1 heterocycles. The van der Waals surface area contributed by atoms with Crippen molar-refractivity contribution in [1.29, 1.82) is 0 Å². The fourth-order valence-corrected chi connectivity index (χ4v) is 1.59. The van der Waals surface area contributed by atoms with Gasteiger partial charge in [0.2, 0.25) is 0 Å². The van der Waals surface area contributed by atoms with Crippen molar-refractivity contribution in [3.8, 4) is 0 Å². The van der Waals surface area contributed by atoms with Gasteiger partial charge in [0, 0.05) is 43.0 Å². The molecule has 0 aromatic rings. The SMILES string of the molecule is [SiH3]CCCNN1CCNCC1. The van der Waals surface area contributed by atoms with Crippen molar-refractivity contribution in [2.45, 2.75) is 12.5 Å². The van der Waals surface area contributed by atoms with Crippen LogP contribution in [0.2, 0.25) is 6.04 Å². The standard InChI is InChI=1S/C7H19N3Si/c11-7-1-2-9-10-5-3-8-4-6-10/h8-9H,1-7H2,11H3. The maximum atomic E-state index is 3.44. The number of rotatable bonds is 4. The molecule has 0 saturated carbocycles. The zero-order chi connectivity index (χ0) is 7.94. The molecule has 2 N–H and O–H groups in total. The summed E-state index contributed by atoms with van der Waals surface area (Å²) in [4.78, 5) is 0. The van der Waals surface area contributed by atoms with Gasteiger partial charge in [0.25, 0.3) is 0 Å². The summed E-state index contributed by atoms with van der Waals surface area (Å²) in [7, 11) is 1.35. The van der Waals surface area contributed by atoms with Crippen molar-refractivity contribution < 1.29 is 0 Å². The molecule has 1 fully saturated rings. The molecule has 0 aliphatic carbocycles. The molecule has 66 valence electrons. The third-order valence-corrected chi connectivity index (χ3v) is 2.69. The van der Waals surface area contributed by atoms with Crippen LogP contribution in [0.3, 0.4) is 0 Å². The first kappa shape index (κ1) is 9.19. The Balaban J connectivity index is 1.96. The highest BCUT2D eigenvalue weighted by Crippen LogP contribution is 1.88. The van der Waals surface area contributed by atoms with Gasteiger partial charge in [-0.25, -0.2) is 5.01 Å². The van der Waals surface area contributed by atoms with E-state index < -0.39 is 0 Å². The zero-order valence-electron chi connectivity index (χ0n) is 7.40. The molecule has 0 aromatic carbocycles. The Bertz CT molecular complexity index is 93.7. The minimum atomic E-state index is 1.13. The Labute approximate surface area is 71.9 Å². The van der Waals surface area contributed by atoms with Gasteiger partial charge in [-0.3, -0.25) is 5.43 Å². The van der Waals surface area contributed by atoms with Gasteiger partial charge < -0.3 is 5.32 Å². The van der Waals surface area contributed by atoms with E-state index in [0.29, 0.717) is 0 Å². The quantitative estimate of drug-likeness (QED) is 0.403. The first-order valence-corrected chi connectivity index (χ1v) is 6.04. The molecule has 1 aliphatic rings. The molecule has 0 bridgehead atoms. The van der Waals surface area contributed by atoms with Gasteiger partial charge in [-0.05, 0) is 6.42 Å². The smallest absolute Gasteiger partial charge is 0.0256 e. The second kappa shape index (κ2) is 5.71. The van der Waals surface area contributed by atoms with Gasteiger partial charge >= 0.3 is 0 Å². The van der Waals surface area contributed by atoms with Crippen molar-refractivity contribution >= 4 is 10.2 Å². The van der Waals surface area contributed by atoms with E-state index in [1.54, 1.807) is 0 Å². The molecule has 0 unspecified atom stereocenters. The summed E-state index contributed by atoms with van der Waals surface area (Å²) in [6.07, 6.45) is 1.34. The fraction of sp³-hybridized carbons (Fsp3) is 1.00. The van der Waals surface area contributed by atoms with Crippen molar-refractivity contribution in [1.82, 2.24) is 15.8 Å². The van der Waals surface area contributed by atoms with E-state index in [-0.39, 0.29) is 0 Å². The van der Waals surface area contributed by atoms with Crippen LogP contribution in [0.1, 0.15) is 6.42 Å². The van der Waals surface area contributed by atoms with Crippen LogP contribution in [0, 0.1) is 0 Å². The Morgan fingerprint density at radius 2 is 2.09 bits per heavy atom. The summed E-state index contributed by atoms with van der Waals surface area (Å²) >= 11 is 0. The van der Waals surface area contributed by atoms with E-state index in [1.807, 2.05) is 0 Å². The molecule has 1 saturated heterocycles. The van der Waals surface area contributed by atoms with Crippen molar-refractivity contribution in [3.05, 3.63) is 0 Å². The maximum absolute atomic E-state index is 3.44. The van der Waals surface area contributed by atoms with Crippen LogP contribution in [0.5, 0.6) is 0 Å². The number of hydrogen-bond donors (Lipinski definition) is 2. The predicted molar refractivity (Wildman–Crippen MR) is 51.8 cm³/mol. The Hall–Kier alpha value is 0.0969. The first-order chi connectivity index (χ1) is 5.43. The highest BCUT2D eigenvalue weighted by molar-refractivity contribution is 6.08. The third-order valence-electron chi connectivity index (χ3n) is 1.98. The lowest BCUT2D eigenvalue weighted by molar-refractivity contribution is 0.165. The lowest BCUT2D eigenvalue weighted by Crippen LogP contribution is -2.50. The number of hydrogen-bond acceptors (Lipinski definition) is 3. The van der Waals surface area contributed by atoms with Crippen molar-refractivity contribution in [3.63, 3.8) is 0 Å². The van der Waals surface area contributed by atoms with Crippen LogP contribution in [-0.2, 0) is 0 Å². The van der Waals surface area contributed by atoms with E-state index in [1.165, 1.54) is 29.3 Å². The van der Waals surface area contributed by atoms with Crippen LogP contribution in [0.25, 0.3) is 0 Å². The van der Waals surface area contributed by atoms with E-state index >= 15 is 0 Å². The van der Waals surface area contributed by atoms with Crippen LogP contribution < -0.4 is 10.7 Å². The largest absolute Gasteiger partial charge is 0.314 e. The summed E-state index contributed by atoms with van der Waals surface area (Å²) in [6, 6.07) is 1.42. The van der Waals surface area contributed by atoms with Gasteiger partial charge in [0.1, 0.15) is 0 Å². The number of hydrazine groups is 1. The topological polar surface area (TPSA) is 27.3 Å². The second-order valence-corrected chi connectivity index (χ2v) is 4.00. The molecule has 0 atom stereocenters. The van der Waals surface area contributed by atoms with Gasteiger partial charge in [0.15, 0.2) is 0 Å². The van der Waals surface area contributed by atoms with Gasteiger partial charge in [0.05, 0.1) is 0 Å². The van der Waals surface area contributed by atoms with E-state index in [0.717, 1.165) is 26.2 Å². The second-order valence-electron chi connectivity index (χ2n) is 3.00. The van der Waals surface area contributed by atoms with Crippen molar-refractivity contribution in [2.24, 2.45) is 0 Å². The molecule has 0 spiro atoms. The molecule has 1 aliphatic heterocycles. The van der Waals surface area contributed by atoms with E-state index in [2.05, 4.69) is 15.8 Å². The van der Waals surface area contributed by atoms with Crippen molar-refractivity contribution in [2.75, 3.05) is 32.7 Å². The third kappa shape index (κ3) is 3.86. The van der Waals surface area contributed by atoms with Gasteiger partial charge in [-0.2, -0.15) is 0 Å². The van der Waals surface area contributed by atoms with Gasteiger partial charge in [-0.1, -0.05) is 6.04 Å². The molecule has 0 aromatic heterocycles. The molecule has 11 heavy (non-hydrogen) atoms. The minimum Gasteiger partial charge on any atom is -0.314 e. The fourth-order valence-electron chi connectivity index (χ4n) is 1.24. The molecule has 0 amide bonds. The summed E-state index contributed by atoms with van der Waals surface area (Å²) in [5.74, 6) is 0. The first-order valence-electron chi connectivity index (χ1n) is 4.62. The average Bonchev–Trinajstić information content (AvgIpc) is 2.07. The van der Waals surface area contributed by atoms with Gasteiger partial charge in [-0.15, -0.1) is 0 Å². The lowest BCUT2D eigenvalue weighted by atomic mass is 10.4. The molecular formula is C7H19N3Si. The average molecular weight is 173 g/mol. The van der Waals surface area contributed by atoms with E-state index in [9.17, 15) is 0 Å². The highest BCUT2D eigenvalue weighted by atomic mass is 28.1. The zero-order valence-corrected chi connectivity index (χ0v) is 9.40. The summed E-state index contributed by atoms with van der Waals surface area (Å²) in [5, 5.41) is 5.66. The molecule has 3 nitrogen and oxygen atoms in total. The monoisotopic (exact) mass is 173 g/mol. The Kier molecular flexibility index (Phi) is 4.77. The minimum absolute atomic E-state index is 1.13. The van der Waals surface area contributed by atoms with Crippen LogP contribution >= 0.6 is 0 Å². The lowest BCUT2D eigenvalue weighted by Gasteiger charge is -2.27. The normalized spacial score (nSPS) is 20.7. The Morgan fingerprint density at radius 3 is 2.73 bits per heavy atom. The summed E-state index contributed by atoms with van der Waals surface area (Å²) < 4.78 is 0. The maximum Gasteiger partial charge on any atom is 0.0256 e. The molecular weight excluding hydrogens is 154 g/mol. The van der Waals surface area contributed by atoms with E-state index in [4.69, 9.17) is 0 Å². The molecule has 1 rings (SSSR count). The van der Waals surface area contributed by atoms with Crippen LogP contribution in [0.4, 0.5) is 0 Å². The number of nitrogens with zero attached hydrogens (tertiary/aromatic N) is 1. The number of piperazine rings is 1. The summed E-state index contributed by atoms with van der Waals surface area (Å²) in [6.45, 7) is 5.74. The van der Waals surface area contributed by atoms with Crippen LogP contribution in [0.15, 0.2) is 0 Å². The molecule has 0 radical (unpaired) electrons. The summed E-state index contributed by atoms with van der Waals surface area (Å²) in [5.41, 5.74) is 3.44. The Morgan fingerprint density at radius 1 is 1.36 bits per heavy atom. The number of nitrogens with one attached hydrogen (secondary N) is 2. The predicted octanol–water partition coefficient (Wildman–Crippen LogP) is -1.43. The highest BCUT2D eigenvalue weighted by Gasteiger charge is 2.06. The van der Waals surface area contributed by atoms with Crippen LogP contribution in [-0.4, -0.2) is 48.0 Å².